The number of rotatable bonds is 6. The third kappa shape index (κ3) is 4.42. The average Bonchev–Trinajstić information content (AvgIpc) is 2.43. The van der Waals surface area contributed by atoms with Crippen molar-refractivity contribution in [3.8, 4) is 5.75 Å². The normalized spacial score (nSPS) is 10.4. The van der Waals surface area contributed by atoms with Crippen LogP contribution in [0, 0.1) is 6.92 Å². The number of hydrogen-bond donors (Lipinski definition) is 1. The summed E-state index contributed by atoms with van der Waals surface area (Å²) in [5.41, 5.74) is 4.02. The van der Waals surface area contributed by atoms with Crippen molar-refractivity contribution in [3.05, 3.63) is 65.2 Å². The lowest BCUT2D eigenvalue weighted by Gasteiger charge is -2.05. The number of ether oxygens (including phenoxy) is 1. The first-order valence-corrected chi connectivity index (χ1v) is 6.87. The third-order valence-electron chi connectivity index (χ3n) is 3.12. The summed E-state index contributed by atoms with van der Waals surface area (Å²) in [4.78, 5) is 0. The maximum Gasteiger partial charge on any atom is 0.119 e. The van der Waals surface area contributed by atoms with E-state index in [1.54, 1.807) is 0 Å². The van der Waals surface area contributed by atoms with Crippen molar-refractivity contribution < 1.29 is 10.1 Å². The van der Waals surface area contributed by atoms with Crippen molar-refractivity contribution in [1.29, 1.82) is 0 Å². The van der Waals surface area contributed by atoms with E-state index in [9.17, 15) is 0 Å². The Kier molecular flexibility index (Phi) is 4.99. The van der Waals surface area contributed by atoms with E-state index in [1.165, 1.54) is 16.7 Å². The Balaban J connectivity index is 1.80. The quantitative estimate of drug-likeness (QED) is 0.845. The number of aryl methyl sites for hydroxylation is 1. The van der Waals surface area contributed by atoms with Gasteiger partial charge in [-0.2, -0.15) is 0 Å². The second-order valence-corrected chi connectivity index (χ2v) is 4.76. The maximum absolute atomic E-state index is 5.44. The molecule has 0 radical (unpaired) electrons. The molecule has 0 unspecified atom stereocenters. The number of benzene rings is 2. The van der Waals surface area contributed by atoms with Gasteiger partial charge in [-0.15, -0.1) is 0 Å². The summed E-state index contributed by atoms with van der Waals surface area (Å²) < 4.78 is 5.44. The predicted molar refractivity (Wildman–Crippen MR) is 78.1 cm³/mol. The van der Waals surface area contributed by atoms with Crippen LogP contribution in [0.15, 0.2) is 48.5 Å². The molecular formula is C17H22NO+. The van der Waals surface area contributed by atoms with Gasteiger partial charge in [-0.05, 0) is 38.1 Å². The summed E-state index contributed by atoms with van der Waals surface area (Å²) in [6.45, 7) is 6.86. The zero-order chi connectivity index (χ0) is 13.5. The predicted octanol–water partition coefficient (Wildman–Crippen LogP) is 2.66. The van der Waals surface area contributed by atoms with Crippen molar-refractivity contribution in [2.45, 2.75) is 26.9 Å². The Morgan fingerprint density at radius 2 is 1.37 bits per heavy atom. The van der Waals surface area contributed by atoms with Gasteiger partial charge >= 0.3 is 0 Å². The minimum Gasteiger partial charge on any atom is -0.494 e. The minimum atomic E-state index is 0.721. The van der Waals surface area contributed by atoms with Gasteiger partial charge in [-0.3, -0.25) is 0 Å². The van der Waals surface area contributed by atoms with Gasteiger partial charge in [0.25, 0.3) is 0 Å². The molecule has 2 aromatic rings. The van der Waals surface area contributed by atoms with Crippen molar-refractivity contribution in [3.63, 3.8) is 0 Å². The first-order valence-electron chi connectivity index (χ1n) is 6.87. The second-order valence-electron chi connectivity index (χ2n) is 4.76. The van der Waals surface area contributed by atoms with Gasteiger partial charge in [0, 0.05) is 11.1 Å². The molecule has 0 spiro atoms. The topological polar surface area (TPSA) is 25.8 Å². The standard InChI is InChI=1S/C17H21NO/c1-3-19-17-10-8-16(9-11-17)13-18-12-15-6-4-14(2)5-7-15/h4-11,18H,3,12-13H2,1-2H3/p+1. The Hall–Kier alpha value is -1.80. The summed E-state index contributed by atoms with van der Waals surface area (Å²) in [7, 11) is 0. The van der Waals surface area contributed by atoms with Gasteiger partial charge in [-0.25, -0.2) is 0 Å². The van der Waals surface area contributed by atoms with Crippen LogP contribution in [0.4, 0.5) is 0 Å². The van der Waals surface area contributed by atoms with Crippen LogP contribution in [-0.4, -0.2) is 6.61 Å². The number of hydrogen-bond acceptors (Lipinski definition) is 1. The lowest BCUT2D eigenvalue weighted by molar-refractivity contribution is -0.686. The van der Waals surface area contributed by atoms with E-state index in [-0.39, 0.29) is 0 Å². The van der Waals surface area contributed by atoms with E-state index in [4.69, 9.17) is 4.74 Å². The van der Waals surface area contributed by atoms with Crippen molar-refractivity contribution in [2.24, 2.45) is 0 Å². The minimum absolute atomic E-state index is 0.721. The number of quaternary nitrogens is 1. The molecule has 0 fully saturated rings. The molecule has 0 aromatic heterocycles. The second kappa shape index (κ2) is 6.95. The zero-order valence-corrected chi connectivity index (χ0v) is 11.7. The van der Waals surface area contributed by atoms with Gasteiger partial charge in [-0.1, -0.05) is 29.8 Å². The van der Waals surface area contributed by atoms with Gasteiger partial charge in [0.1, 0.15) is 18.8 Å². The van der Waals surface area contributed by atoms with E-state index in [0.717, 1.165) is 25.4 Å². The Morgan fingerprint density at radius 1 is 0.842 bits per heavy atom. The molecule has 2 N–H and O–H groups in total. The lowest BCUT2D eigenvalue weighted by Crippen LogP contribution is -2.80. The van der Waals surface area contributed by atoms with Crippen molar-refractivity contribution >= 4 is 0 Å². The van der Waals surface area contributed by atoms with Crippen LogP contribution in [0.25, 0.3) is 0 Å². The first-order chi connectivity index (χ1) is 9.28. The summed E-state index contributed by atoms with van der Waals surface area (Å²) >= 11 is 0. The molecule has 2 rings (SSSR count). The zero-order valence-electron chi connectivity index (χ0n) is 11.7. The highest BCUT2D eigenvalue weighted by atomic mass is 16.5. The molecule has 0 aliphatic rings. The molecule has 2 aromatic carbocycles. The van der Waals surface area contributed by atoms with Gasteiger partial charge < -0.3 is 10.1 Å². The van der Waals surface area contributed by atoms with E-state index >= 15 is 0 Å². The van der Waals surface area contributed by atoms with Crippen LogP contribution in [-0.2, 0) is 13.1 Å². The van der Waals surface area contributed by atoms with E-state index in [0.29, 0.717) is 0 Å². The highest BCUT2D eigenvalue weighted by Gasteiger charge is 1.98. The molecule has 0 aliphatic carbocycles. The highest BCUT2D eigenvalue weighted by Crippen LogP contribution is 2.11. The molecule has 2 nitrogen and oxygen atoms in total. The molecule has 0 amide bonds. The smallest absolute Gasteiger partial charge is 0.119 e. The van der Waals surface area contributed by atoms with E-state index in [1.807, 2.05) is 19.1 Å². The summed E-state index contributed by atoms with van der Waals surface area (Å²) in [5, 5.41) is 2.32. The monoisotopic (exact) mass is 256 g/mol. The lowest BCUT2D eigenvalue weighted by atomic mass is 10.1. The van der Waals surface area contributed by atoms with Crippen LogP contribution in [0.1, 0.15) is 23.6 Å². The molecule has 0 bridgehead atoms. The molecule has 0 heterocycles. The van der Waals surface area contributed by atoms with E-state index in [2.05, 4.69) is 48.6 Å². The molecule has 0 saturated heterocycles. The summed E-state index contributed by atoms with van der Waals surface area (Å²) in [6, 6.07) is 17.1. The Labute approximate surface area is 115 Å². The van der Waals surface area contributed by atoms with Crippen LogP contribution in [0.3, 0.4) is 0 Å². The van der Waals surface area contributed by atoms with Gasteiger partial charge in [0.05, 0.1) is 6.61 Å². The fraction of sp³-hybridized carbons (Fsp3) is 0.294. The van der Waals surface area contributed by atoms with E-state index < -0.39 is 0 Å². The Bertz CT molecular complexity index is 488. The first kappa shape index (κ1) is 13.6. The molecule has 100 valence electrons. The SMILES string of the molecule is CCOc1ccc(C[NH2+]Cc2ccc(C)cc2)cc1. The molecule has 2 heteroatoms. The third-order valence-corrected chi connectivity index (χ3v) is 3.12. The largest absolute Gasteiger partial charge is 0.494 e. The molecule has 19 heavy (non-hydrogen) atoms. The summed E-state index contributed by atoms with van der Waals surface area (Å²) in [5.74, 6) is 0.949. The van der Waals surface area contributed by atoms with Crippen LogP contribution in [0.2, 0.25) is 0 Å². The van der Waals surface area contributed by atoms with Crippen molar-refractivity contribution in [1.82, 2.24) is 0 Å². The fourth-order valence-corrected chi connectivity index (χ4v) is 2.02. The average molecular weight is 256 g/mol. The molecule has 0 atom stereocenters. The highest BCUT2D eigenvalue weighted by molar-refractivity contribution is 5.26. The number of nitrogens with two attached hydrogens (primary N) is 1. The molecule has 0 aliphatic heterocycles. The van der Waals surface area contributed by atoms with Crippen LogP contribution < -0.4 is 10.1 Å². The van der Waals surface area contributed by atoms with Crippen molar-refractivity contribution in [2.75, 3.05) is 6.61 Å². The molecule has 0 saturated carbocycles. The summed E-state index contributed by atoms with van der Waals surface area (Å²) in [6.07, 6.45) is 0. The maximum atomic E-state index is 5.44. The van der Waals surface area contributed by atoms with Crippen LogP contribution >= 0.6 is 0 Å². The Morgan fingerprint density at radius 3 is 1.89 bits per heavy atom. The molecular weight excluding hydrogens is 234 g/mol. The van der Waals surface area contributed by atoms with Gasteiger partial charge in [0.2, 0.25) is 0 Å². The van der Waals surface area contributed by atoms with Crippen LogP contribution in [0.5, 0.6) is 5.75 Å². The van der Waals surface area contributed by atoms with Gasteiger partial charge in [0.15, 0.2) is 0 Å². The fourth-order valence-electron chi connectivity index (χ4n) is 2.02.